The van der Waals surface area contributed by atoms with Gasteiger partial charge in [0.15, 0.2) is 11.5 Å². The standard InChI is InChI=1S/C30H30N4O2S/c31-27(19-13-14-19)20-9-4-5-10-21(20)28(32)24-12-8-11-23(33-24)22-18-37-30-25(35)17-26(36-29(22)30)34-15-6-2-1-3-7-16-34/h4-5,8-12,17-18,32H,1-3,6-7,13-16,31H2. The third-order valence-electron chi connectivity index (χ3n) is 7.25. The largest absolute Gasteiger partial charge is 0.439 e. The molecule has 0 amide bonds. The number of pyridine rings is 1. The molecule has 3 N–H and O–H groups in total. The van der Waals surface area contributed by atoms with Gasteiger partial charge in [0.25, 0.3) is 0 Å². The molecule has 0 atom stereocenters. The first kappa shape index (κ1) is 23.7. The molecule has 0 radical (unpaired) electrons. The van der Waals surface area contributed by atoms with E-state index in [1.54, 1.807) is 6.07 Å². The molecule has 6 rings (SSSR count). The zero-order valence-electron chi connectivity index (χ0n) is 20.8. The van der Waals surface area contributed by atoms with Gasteiger partial charge in [0.05, 0.1) is 22.7 Å². The minimum absolute atomic E-state index is 0.0176. The Morgan fingerprint density at radius 3 is 2.46 bits per heavy atom. The van der Waals surface area contributed by atoms with Crippen molar-refractivity contribution in [1.29, 1.82) is 5.41 Å². The topological polar surface area (TPSA) is 96.2 Å². The fourth-order valence-electron chi connectivity index (χ4n) is 5.05. The van der Waals surface area contributed by atoms with Gasteiger partial charge in [0, 0.05) is 41.4 Å². The molecular weight excluding hydrogens is 480 g/mol. The Bertz CT molecular complexity index is 1570. The number of benzene rings is 1. The van der Waals surface area contributed by atoms with Gasteiger partial charge in [-0.2, -0.15) is 0 Å². The number of fused-ring (bicyclic) bond motifs is 1. The van der Waals surface area contributed by atoms with Crippen LogP contribution in [0.3, 0.4) is 0 Å². The fourth-order valence-corrected chi connectivity index (χ4v) is 5.95. The number of aromatic nitrogens is 1. The molecule has 4 heterocycles. The Morgan fingerprint density at radius 1 is 0.973 bits per heavy atom. The van der Waals surface area contributed by atoms with E-state index in [0.29, 0.717) is 33.3 Å². The number of hydrogen-bond acceptors (Lipinski definition) is 7. The summed E-state index contributed by atoms with van der Waals surface area (Å²) in [5.74, 6) is 0.639. The van der Waals surface area contributed by atoms with Crippen LogP contribution in [0.4, 0.5) is 5.88 Å². The van der Waals surface area contributed by atoms with E-state index >= 15 is 0 Å². The minimum Gasteiger partial charge on any atom is -0.439 e. The highest BCUT2D eigenvalue weighted by atomic mass is 32.1. The summed E-state index contributed by atoms with van der Waals surface area (Å²) in [5.41, 5.74) is 13.0. The highest BCUT2D eigenvalue weighted by molar-refractivity contribution is 7.17. The van der Waals surface area contributed by atoms with E-state index in [4.69, 9.17) is 20.5 Å². The van der Waals surface area contributed by atoms with Crippen molar-refractivity contribution in [1.82, 2.24) is 4.98 Å². The monoisotopic (exact) mass is 510 g/mol. The zero-order chi connectivity index (χ0) is 25.4. The van der Waals surface area contributed by atoms with Crippen molar-refractivity contribution in [2.75, 3.05) is 18.0 Å². The third-order valence-corrected chi connectivity index (χ3v) is 8.22. The van der Waals surface area contributed by atoms with Crippen LogP contribution in [0.25, 0.3) is 27.2 Å². The lowest BCUT2D eigenvalue weighted by molar-refractivity contribution is 0.512. The van der Waals surface area contributed by atoms with Crippen LogP contribution >= 0.6 is 11.3 Å². The molecule has 0 bridgehead atoms. The van der Waals surface area contributed by atoms with Crippen molar-refractivity contribution in [2.24, 2.45) is 5.73 Å². The summed E-state index contributed by atoms with van der Waals surface area (Å²) in [4.78, 5) is 20.1. The van der Waals surface area contributed by atoms with Crippen LogP contribution < -0.4 is 16.1 Å². The average molecular weight is 511 g/mol. The van der Waals surface area contributed by atoms with Crippen molar-refractivity contribution >= 4 is 38.9 Å². The first-order valence-corrected chi connectivity index (χ1v) is 13.9. The molecule has 188 valence electrons. The van der Waals surface area contributed by atoms with Crippen LogP contribution in [0.1, 0.15) is 61.8 Å². The van der Waals surface area contributed by atoms with Gasteiger partial charge in [-0.15, -0.1) is 11.3 Å². The van der Waals surface area contributed by atoms with Crippen molar-refractivity contribution in [3.63, 3.8) is 0 Å². The summed E-state index contributed by atoms with van der Waals surface area (Å²) >= 11 is 1.38. The average Bonchev–Trinajstić information content (AvgIpc) is 3.66. The highest BCUT2D eigenvalue weighted by Crippen LogP contribution is 2.36. The number of nitrogens with one attached hydrogen (secondary N) is 1. The normalized spacial score (nSPS) is 15.9. The van der Waals surface area contributed by atoms with Crippen molar-refractivity contribution in [3.8, 4) is 11.3 Å². The summed E-state index contributed by atoms with van der Waals surface area (Å²) in [5, 5.41) is 10.9. The van der Waals surface area contributed by atoms with Gasteiger partial charge in [-0.1, -0.05) is 49.6 Å². The van der Waals surface area contributed by atoms with E-state index in [9.17, 15) is 4.79 Å². The minimum atomic E-state index is -0.0176. The summed E-state index contributed by atoms with van der Waals surface area (Å²) in [6.07, 6.45) is 7.95. The number of anilines is 1. The molecule has 37 heavy (non-hydrogen) atoms. The maximum Gasteiger partial charge on any atom is 0.204 e. The van der Waals surface area contributed by atoms with Crippen LogP contribution in [-0.4, -0.2) is 23.8 Å². The third kappa shape index (κ3) is 4.71. The molecule has 1 aliphatic heterocycles. The molecule has 2 aliphatic rings. The van der Waals surface area contributed by atoms with Gasteiger partial charge in [0.1, 0.15) is 4.70 Å². The number of nitrogens with zero attached hydrogens (tertiary/aromatic N) is 2. The van der Waals surface area contributed by atoms with Gasteiger partial charge in [-0.3, -0.25) is 10.2 Å². The van der Waals surface area contributed by atoms with Gasteiger partial charge in [-0.25, -0.2) is 4.98 Å². The summed E-state index contributed by atoms with van der Waals surface area (Å²) < 4.78 is 6.99. The lowest BCUT2D eigenvalue weighted by Crippen LogP contribution is -2.27. The Morgan fingerprint density at radius 2 is 1.70 bits per heavy atom. The van der Waals surface area contributed by atoms with E-state index in [-0.39, 0.29) is 5.43 Å². The van der Waals surface area contributed by atoms with E-state index in [2.05, 4.69) is 4.90 Å². The molecule has 2 fully saturated rings. The van der Waals surface area contributed by atoms with Crippen molar-refractivity contribution in [2.45, 2.75) is 44.9 Å². The molecule has 4 aromatic rings. The van der Waals surface area contributed by atoms with Crippen molar-refractivity contribution < 1.29 is 4.42 Å². The number of rotatable bonds is 5. The van der Waals surface area contributed by atoms with Crippen LogP contribution in [0, 0.1) is 5.41 Å². The molecule has 6 nitrogen and oxygen atoms in total. The van der Waals surface area contributed by atoms with E-state index in [1.165, 1.54) is 36.2 Å². The lowest BCUT2D eigenvalue weighted by atomic mass is 9.97. The van der Waals surface area contributed by atoms with E-state index in [0.717, 1.165) is 61.2 Å². The van der Waals surface area contributed by atoms with Gasteiger partial charge < -0.3 is 15.1 Å². The van der Waals surface area contributed by atoms with Crippen LogP contribution in [0.2, 0.25) is 0 Å². The van der Waals surface area contributed by atoms with E-state index in [1.807, 2.05) is 47.8 Å². The second-order valence-corrected chi connectivity index (χ2v) is 10.7. The molecular formula is C30H30N4O2S. The smallest absolute Gasteiger partial charge is 0.204 e. The number of nitrogens with two attached hydrogens (primary N) is 1. The summed E-state index contributed by atoms with van der Waals surface area (Å²) in [6, 6.07) is 15.1. The number of allylic oxidation sites excluding steroid dienone is 1. The van der Waals surface area contributed by atoms with Gasteiger partial charge in [0.2, 0.25) is 5.43 Å². The molecule has 0 spiro atoms. The quantitative estimate of drug-likeness (QED) is 0.296. The first-order valence-electron chi connectivity index (χ1n) is 13.0. The Hall–Kier alpha value is -3.71. The molecule has 3 aromatic heterocycles. The Labute approximate surface area is 220 Å². The predicted octanol–water partition coefficient (Wildman–Crippen LogP) is 6.57. The maximum atomic E-state index is 13.0. The highest BCUT2D eigenvalue weighted by Gasteiger charge is 2.22. The second-order valence-electron chi connectivity index (χ2n) is 9.86. The SMILES string of the molecule is N=C(c1cccc(-c2csc3c(=O)cc(N4CCCCCCC4)oc23)n1)c1ccccc1C(N)=C1CC1. The van der Waals surface area contributed by atoms with Crippen LogP contribution in [0.5, 0.6) is 0 Å². The maximum absolute atomic E-state index is 13.0. The van der Waals surface area contributed by atoms with Crippen LogP contribution in [-0.2, 0) is 0 Å². The first-order chi connectivity index (χ1) is 18.1. The fraction of sp³-hybridized carbons (Fsp3) is 0.300. The predicted molar refractivity (Wildman–Crippen MR) is 152 cm³/mol. The molecule has 1 aliphatic carbocycles. The molecule has 1 aromatic carbocycles. The van der Waals surface area contributed by atoms with Gasteiger partial charge >= 0.3 is 0 Å². The molecule has 7 heteroatoms. The molecule has 1 saturated carbocycles. The number of hydrogen-bond donors (Lipinski definition) is 2. The summed E-state index contributed by atoms with van der Waals surface area (Å²) in [7, 11) is 0. The summed E-state index contributed by atoms with van der Waals surface area (Å²) in [6.45, 7) is 1.80. The van der Waals surface area contributed by atoms with E-state index < -0.39 is 0 Å². The zero-order valence-corrected chi connectivity index (χ0v) is 21.6. The van der Waals surface area contributed by atoms with Crippen LogP contribution in [0.15, 0.2) is 68.7 Å². The Kier molecular flexibility index (Phi) is 6.38. The molecule has 1 saturated heterocycles. The van der Waals surface area contributed by atoms with Gasteiger partial charge in [-0.05, 0) is 43.4 Å². The lowest BCUT2D eigenvalue weighted by Gasteiger charge is -2.25. The van der Waals surface area contributed by atoms with Crippen molar-refractivity contribution in [3.05, 3.63) is 86.5 Å². The Balaban J connectivity index is 1.38. The number of thiophene rings is 1. The second kappa shape index (κ2) is 9.98. The molecule has 0 unspecified atom stereocenters.